The summed E-state index contributed by atoms with van der Waals surface area (Å²) >= 11 is 0. The summed E-state index contributed by atoms with van der Waals surface area (Å²) in [4.78, 5) is 16.5. The van der Waals surface area contributed by atoms with Crippen LogP contribution >= 0.6 is 0 Å². The summed E-state index contributed by atoms with van der Waals surface area (Å²) in [5.41, 5.74) is 6.28. The van der Waals surface area contributed by atoms with Crippen LogP contribution in [0, 0.1) is 5.41 Å². The van der Waals surface area contributed by atoms with E-state index in [4.69, 9.17) is 5.73 Å². The SMILES string of the molecule is CN1CCCC(N(C)C(=O)CC(N)CC(C)(C)C)C1. The lowest BCUT2D eigenvalue weighted by atomic mass is 9.87. The fourth-order valence-electron chi connectivity index (χ4n) is 2.89. The third-order valence-corrected chi connectivity index (χ3v) is 3.85. The van der Waals surface area contributed by atoms with Crippen molar-refractivity contribution in [2.75, 3.05) is 27.2 Å². The molecule has 2 unspecified atom stereocenters. The minimum absolute atomic E-state index is 0.0312. The van der Waals surface area contributed by atoms with Crippen LogP contribution in [-0.2, 0) is 4.79 Å². The average molecular weight is 269 g/mol. The van der Waals surface area contributed by atoms with E-state index in [-0.39, 0.29) is 17.4 Å². The van der Waals surface area contributed by atoms with Gasteiger partial charge in [0, 0.05) is 32.1 Å². The highest BCUT2D eigenvalue weighted by Crippen LogP contribution is 2.22. The summed E-state index contributed by atoms with van der Waals surface area (Å²) in [6.45, 7) is 8.62. The van der Waals surface area contributed by atoms with Crippen molar-refractivity contribution in [2.45, 2.75) is 58.5 Å². The van der Waals surface area contributed by atoms with Crippen molar-refractivity contribution in [1.82, 2.24) is 9.80 Å². The van der Waals surface area contributed by atoms with Gasteiger partial charge in [-0.05, 0) is 38.3 Å². The lowest BCUT2D eigenvalue weighted by Gasteiger charge is -2.36. The van der Waals surface area contributed by atoms with Crippen LogP contribution in [0.15, 0.2) is 0 Å². The van der Waals surface area contributed by atoms with E-state index >= 15 is 0 Å². The molecule has 1 aliphatic rings. The zero-order valence-electron chi connectivity index (χ0n) is 13.3. The lowest BCUT2D eigenvalue weighted by molar-refractivity contribution is -0.133. The van der Waals surface area contributed by atoms with Gasteiger partial charge in [0.1, 0.15) is 0 Å². The topological polar surface area (TPSA) is 49.6 Å². The first kappa shape index (κ1) is 16.4. The van der Waals surface area contributed by atoms with Crippen molar-refractivity contribution in [3.8, 4) is 0 Å². The Morgan fingerprint density at radius 2 is 2.11 bits per heavy atom. The number of carbonyl (C=O) groups excluding carboxylic acids is 1. The van der Waals surface area contributed by atoms with Crippen molar-refractivity contribution in [1.29, 1.82) is 0 Å². The van der Waals surface area contributed by atoms with Crippen LogP contribution in [0.1, 0.15) is 46.5 Å². The number of piperidine rings is 1. The second kappa shape index (κ2) is 6.71. The number of nitrogens with two attached hydrogens (primary N) is 1. The van der Waals surface area contributed by atoms with Crippen LogP contribution in [0.2, 0.25) is 0 Å². The molecule has 2 N–H and O–H groups in total. The number of likely N-dealkylation sites (tertiary alicyclic amines) is 1. The largest absolute Gasteiger partial charge is 0.341 e. The van der Waals surface area contributed by atoms with E-state index in [1.165, 1.54) is 6.42 Å². The molecule has 112 valence electrons. The third-order valence-electron chi connectivity index (χ3n) is 3.85. The monoisotopic (exact) mass is 269 g/mol. The van der Waals surface area contributed by atoms with Gasteiger partial charge < -0.3 is 15.5 Å². The first-order valence-corrected chi connectivity index (χ1v) is 7.39. The minimum Gasteiger partial charge on any atom is -0.341 e. The van der Waals surface area contributed by atoms with Crippen LogP contribution < -0.4 is 5.73 Å². The van der Waals surface area contributed by atoms with E-state index in [1.54, 1.807) is 0 Å². The molecule has 0 aromatic heterocycles. The molecule has 0 aromatic carbocycles. The summed E-state index contributed by atoms with van der Waals surface area (Å²) in [7, 11) is 4.05. The van der Waals surface area contributed by atoms with Gasteiger partial charge in [-0.1, -0.05) is 20.8 Å². The molecule has 0 aliphatic carbocycles. The summed E-state index contributed by atoms with van der Waals surface area (Å²) in [5, 5.41) is 0. The normalized spacial score (nSPS) is 23.2. The molecule has 0 saturated carbocycles. The van der Waals surface area contributed by atoms with Gasteiger partial charge in [-0.2, -0.15) is 0 Å². The first-order chi connectivity index (χ1) is 8.69. The summed E-state index contributed by atoms with van der Waals surface area (Å²) in [6, 6.07) is 0.323. The molecular formula is C15H31N3O. The minimum atomic E-state index is -0.0312. The molecule has 0 radical (unpaired) electrons. The maximum absolute atomic E-state index is 12.3. The zero-order chi connectivity index (χ0) is 14.6. The molecule has 1 saturated heterocycles. The Morgan fingerprint density at radius 3 is 2.63 bits per heavy atom. The summed E-state index contributed by atoms with van der Waals surface area (Å²) in [5.74, 6) is 0.192. The standard InChI is InChI=1S/C15H31N3O/c1-15(2,3)10-12(16)9-14(19)18(5)13-7-6-8-17(4)11-13/h12-13H,6-11,16H2,1-5H3. The van der Waals surface area contributed by atoms with Gasteiger partial charge in [-0.25, -0.2) is 0 Å². The summed E-state index contributed by atoms with van der Waals surface area (Å²) < 4.78 is 0. The van der Waals surface area contributed by atoms with E-state index in [9.17, 15) is 4.79 Å². The number of carbonyl (C=O) groups is 1. The highest BCUT2D eigenvalue weighted by Gasteiger charge is 2.26. The maximum atomic E-state index is 12.3. The number of likely N-dealkylation sites (N-methyl/N-ethyl adjacent to an activating group) is 2. The summed E-state index contributed by atoms with van der Waals surface area (Å²) in [6.07, 6.45) is 3.64. The van der Waals surface area contributed by atoms with Gasteiger partial charge in [0.2, 0.25) is 5.91 Å². The second-order valence-corrected chi connectivity index (χ2v) is 7.29. The quantitative estimate of drug-likeness (QED) is 0.845. The number of rotatable bonds is 4. The van der Waals surface area contributed by atoms with E-state index in [0.29, 0.717) is 12.5 Å². The molecule has 0 aromatic rings. The second-order valence-electron chi connectivity index (χ2n) is 7.29. The predicted molar refractivity (Wildman–Crippen MR) is 80.0 cm³/mol. The molecule has 4 nitrogen and oxygen atoms in total. The fraction of sp³-hybridized carbons (Fsp3) is 0.933. The fourth-order valence-corrected chi connectivity index (χ4v) is 2.89. The van der Waals surface area contributed by atoms with E-state index < -0.39 is 0 Å². The molecule has 19 heavy (non-hydrogen) atoms. The van der Waals surface area contributed by atoms with Crippen molar-refractivity contribution >= 4 is 5.91 Å². The van der Waals surface area contributed by atoms with E-state index in [2.05, 4.69) is 32.7 Å². The number of nitrogens with zero attached hydrogens (tertiary/aromatic N) is 2. The van der Waals surface area contributed by atoms with Crippen molar-refractivity contribution in [3.63, 3.8) is 0 Å². The molecule has 1 rings (SSSR count). The molecule has 0 spiro atoms. The lowest BCUT2D eigenvalue weighted by Crippen LogP contribution is -2.48. The van der Waals surface area contributed by atoms with E-state index in [1.807, 2.05) is 11.9 Å². The van der Waals surface area contributed by atoms with Crippen molar-refractivity contribution in [3.05, 3.63) is 0 Å². The van der Waals surface area contributed by atoms with Crippen LogP contribution in [0.3, 0.4) is 0 Å². The third kappa shape index (κ3) is 5.91. The number of hydrogen-bond donors (Lipinski definition) is 1. The Morgan fingerprint density at radius 1 is 1.47 bits per heavy atom. The highest BCUT2D eigenvalue weighted by molar-refractivity contribution is 5.76. The highest BCUT2D eigenvalue weighted by atomic mass is 16.2. The van der Waals surface area contributed by atoms with Crippen LogP contribution in [0.5, 0.6) is 0 Å². The van der Waals surface area contributed by atoms with Crippen molar-refractivity contribution in [2.24, 2.45) is 11.1 Å². The molecule has 4 heteroatoms. The predicted octanol–water partition coefficient (Wildman–Crippen LogP) is 1.69. The molecule has 1 heterocycles. The van der Waals surface area contributed by atoms with Gasteiger partial charge in [0.15, 0.2) is 0 Å². The molecule has 1 amide bonds. The Kier molecular flexibility index (Phi) is 5.81. The maximum Gasteiger partial charge on any atom is 0.224 e. The smallest absolute Gasteiger partial charge is 0.224 e. The molecule has 1 fully saturated rings. The van der Waals surface area contributed by atoms with Gasteiger partial charge in [-0.15, -0.1) is 0 Å². The number of hydrogen-bond acceptors (Lipinski definition) is 3. The Bertz CT molecular complexity index is 298. The average Bonchev–Trinajstić information content (AvgIpc) is 2.25. The van der Waals surface area contributed by atoms with Gasteiger partial charge in [0.25, 0.3) is 0 Å². The Hall–Kier alpha value is -0.610. The molecule has 1 aliphatic heterocycles. The molecular weight excluding hydrogens is 238 g/mol. The zero-order valence-corrected chi connectivity index (χ0v) is 13.3. The van der Waals surface area contributed by atoms with E-state index in [0.717, 1.165) is 25.9 Å². The van der Waals surface area contributed by atoms with Crippen LogP contribution in [-0.4, -0.2) is 55.0 Å². The molecule has 0 bridgehead atoms. The Labute approximate surface area is 118 Å². The molecule has 2 atom stereocenters. The first-order valence-electron chi connectivity index (χ1n) is 7.39. The number of amides is 1. The van der Waals surface area contributed by atoms with Gasteiger partial charge in [0.05, 0.1) is 0 Å². The van der Waals surface area contributed by atoms with Crippen LogP contribution in [0.25, 0.3) is 0 Å². The van der Waals surface area contributed by atoms with Gasteiger partial charge >= 0.3 is 0 Å². The van der Waals surface area contributed by atoms with Crippen molar-refractivity contribution < 1.29 is 4.79 Å². The Balaban J connectivity index is 2.43. The van der Waals surface area contributed by atoms with Gasteiger partial charge in [-0.3, -0.25) is 4.79 Å². The van der Waals surface area contributed by atoms with Crippen LogP contribution in [0.4, 0.5) is 0 Å².